The van der Waals surface area contributed by atoms with E-state index >= 15 is 0 Å². The van der Waals surface area contributed by atoms with E-state index in [2.05, 4.69) is 0 Å². The van der Waals surface area contributed by atoms with Gasteiger partial charge in [-0.2, -0.15) is 0 Å². The summed E-state index contributed by atoms with van der Waals surface area (Å²) in [5, 5.41) is 10.4. The van der Waals surface area contributed by atoms with Crippen molar-refractivity contribution in [1.29, 1.82) is 0 Å². The number of nitrogens with two attached hydrogens (primary N) is 1. The van der Waals surface area contributed by atoms with Crippen molar-refractivity contribution in [3.8, 4) is 0 Å². The first-order chi connectivity index (χ1) is 4.54. The fraction of sp³-hybridized carbons (Fsp3) is 0.800. The Balaban J connectivity index is 3.49. The third-order valence-electron chi connectivity index (χ3n) is 1.02. The summed E-state index contributed by atoms with van der Waals surface area (Å²) in [4.78, 5) is 9.99. The average Bonchev–Trinajstić information content (AvgIpc) is 1.82. The van der Waals surface area contributed by atoms with Crippen molar-refractivity contribution in [3.05, 3.63) is 0 Å². The van der Waals surface area contributed by atoms with Gasteiger partial charge in [0.2, 0.25) is 0 Å². The van der Waals surface area contributed by atoms with Gasteiger partial charge in [-0.15, -0.1) is 0 Å². The first kappa shape index (κ1) is 9.75. The van der Waals surface area contributed by atoms with Crippen LogP contribution in [-0.2, 0) is 8.63 Å². The molecule has 0 aliphatic heterocycles. The maximum absolute atomic E-state index is 10.5. The second-order valence-electron chi connectivity index (χ2n) is 1.99. The van der Waals surface area contributed by atoms with Crippen LogP contribution in [0.2, 0.25) is 11.1 Å². The zero-order valence-corrected chi connectivity index (χ0v) is 7.41. The number of carbonyl (C=O) groups is 1. The molecule has 0 rings (SSSR count). The molecule has 0 aliphatic carbocycles. The second-order valence-corrected chi connectivity index (χ2v) is 5.25. The predicted molar refractivity (Wildman–Crippen MR) is 34.7 cm³/mol. The van der Waals surface area contributed by atoms with Crippen LogP contribution in [0.4, 0.5) is 0 Å². The summed E-state index contributed by atoms with van der Waals surface area (Å²) in [5.41, 5.74) is 5.08. The van der Waals surface area contributed by atoms with Crippen LogP contribution in [0.1, 0.15) is 6.42 Å². The van der Waals surface area contributed by atoms with Crippen LogP contribution in [0.5, 0.6) is 0 Å². The van der Waals surface area contributed by atoms with E-state index in [-0.39, 0.29) is 6.42 Å². The molecule has 0 amide bonds. The summed E-state index contributed by atoms with van der Waals surface area (Å²) in [5.74, 6) is 0.328. The van der Waals surface area contributed by atoms with Crippen LogP contribution < -0.4 is 10.8 Å². The molecule has 0 spiro atoms. The molecular formula is C5H10NO3Se-. The fourth-order valence-corrected chi connectivity index (χ4v) is 1.64. The Morgan fingerprint density at radius 2 is 2.30 bits per heavy atom. The van der Waals surface area contributed by atoms with Gasteiger partial charge in [-0.3, -0.25) is 0 Å². The van der Waals surface area contributed by atoms with Crippen LogP contribution >= 0.6 is 0 Å². The molecule has 60 valence electrons. The van der Waals surface area contributed by atoms with Gasteiger partial charge in [0.05, 0.1) is 0 Å². The van der Waals surface area contributed by atoms with E-state index in [1.165, 1.54) is 0 Å². The van der Waals surface area contributed by atoms with Crippen molar-refractivity contribution in [2.24, 2.45) is 5.73 Å². The van der Waals surface area contributed by atoms with Gasteiger partial charge >= 0.3 is 62.9 Å². The molecule has 0 aromatic carbocycles. The van der Waals surface area contributed by atoms with Gasteiger partial charge < -0.3 is 0 Å². The van der Waals surface area contributed by atoms with Crippen molar-refractivity contribution >= 4 is 19.8 Å². The quantitative estimate of drug-likeness (QED) is 0.574. The Hall–Kier alpha value is -0.251. The number of aliphatic carboxylic acids is 1. The van der Waals surface area contributed by atoms with Crippen LogP contribution in [0.25, 0.3) is 0 Å². The molecular weight excluding hydrogens is 201 g/mol. The first-order valence-corrected chi connectivity index (χ1v) is 6.43. The third kappa shape index (κ3) is 4.61. The van der Waals surface area contributed by atoms with E-state index in [9.17, 15) is 13.7 Å². The summed E-state index contributed by atoms with van der Waals surface area (Å²) >= 11 is -1.77. The number of hydrogen-bond donors (Lipinski definition) is 1. The molecule has 2 N–H and O–H groups in total. The van der Waals surface area contributed by atoms with Gasteiger partial charge in [0.15, 0.2) is 0 Å². The summed E-state index contributed by atoms with van der Waals surface area (Å²) in [6, 6.07) is -0.958. The molecule has 0 aromatic heterocycles. The van der Waals surface area contributed by atoms with E-state index in [0.29, 0.717) is 5.32 Å². The van der Waals surface area contributed by atoms with E-state index in [4.69, 9.17) is 5.73 Å². The number of carbonyl (C=O) groups excluding carboxylic acids is 1. The molecule has 0 heterocycles. The summed E-state index contributed by atoms with van der Waals surface area (Å²) in [6.07, 6.45) is 0.257. The molecule has 2 atom stereocenters. The zero-order chi connectivity index (χ0) is 8.15. The van der Waals surface area contributed by atoms with Gasteiger partial charge in [-0.1, -0.05) is 0 Å². The Morgan fingerprint density at radius 3 is 2.60 bits per heavy atom. The third-order valence-corrected chi connectivity index (χ3v) is 2.72. The summed E-state index contributed by atoms with van der Waals surface area (Å²) in [7, 11) is 0. The second kappa shape index (κ2) is 4.55. The minimum atomic E-state index is -1.77. The number of rotatable bonds is 4. The van der Waals surface area contributed by atoms with Crippen molar-refractivity contribution in [3.63, 3.8) is 0 Å². The molecule has 0 fully saturated rings. The van der Waals surface area contributed by atoms with E-state index in [0.717, 1.165) is 0 Å². The molecule has 0 radical (unpaired) electrons. The standard InChI is InChI=1S/C5H11NO3Se/c1-10(9)3-2-4(6)5(7)8/h4H,2-3,6H2,1H3,(H,7,8)/p-1/t4-,10?/m0/s1. The Labute approximate surface area is 63.5 Å². The molecule has 0 saturated carbocycles. The summed E-state index contributed by atoms with van der Waals surface area (Å²) < 4.78 is 10.5. The topological polar surface area (TPSA) is 83.2 Å². The first-order valence-electron chi connectivity index (χ1n) is 2.80. The Bertz CT molecular complexity index is 148. The van der Waals surface area contributed by atoms with Gasteiger partial charge in [0.25, 0.3) is 0 Å². The molecule has 0 bridgehead atoms. The fourth-order valence-electron chi connectivity index (χ4n) is 0.411. The van der Waals surface area contributed by atoms with Crippen LogP contribution in [0.3, 0.4) is 0 Å². The summed E-state index contributed by atoms with van der Waals surface area (Å²) in [6.45, 7) is 0. The average molecular weight is 211 g/mol. The van der Waals surface area contributed by atoms with Crippen molar-refractivity contribution in [2.45, 2.75) is 23.6 Å². The van der Waals surface area contributed by atoms with E-state index in [1.807, 2.05) is 0 Å². The molecule has 0 saturated heterocycles. The molecule has 10 heavy (non-hydrogen) atoms. The van der Waals surface area contributed by atoms with Gasteiger partial charge in [0, 0.05) is 0 Å². The normalized spacial score (nSPS) is 16.2. The Morgan fingerprint density at radius 1 is 1.80 bits per heavy atom. The molecule has 1 unspecified atom stereocenters. The van der Waals surface area contributed by atoms with Gasteiger partial charge in [-0.05, 0) is 0 Å². The molecule has 4 nitrogen and oxygen atoms in total. The van der Waals surface area contributed by atoms with Crippen molar-refractivity contribution < 1.29 is 13.7 Å². The van der Waals surface area contributed by atoms with E-state index in [1.54, 1.807) is 5.82 Å². The monoisotopic (exact) mass is 212 g/mol. The predicted octanol–water partition coefficient (Wildman–Crippen LogP) is -1.49. The number of hydrogen-bond acceptors (Lipinski definition) is 4. The SMILES string of the molecule is C[Se](=O)CC[C@H](N)C(=O)[O-]. The van der Waals surface area contributed by atoms with Crippen molar-refractivity contribution in [2.75, 3.05) is 0 Å². The van der Waals surface area contributed by atoms with Crippen LogP contribution in [0, 0.1) is 0 Å². The van der Waals surface area contributed by atoms with Crippen LogP contribution in [-0.4, -0.2) is 25.8 Å². The van der Waals surface area contributed by atoms with Gasteiger partial charge in [-0.25, -0.2) is 0 Å². The number of carboxylic acid groups (broad SMARTS) is 1. The minimum absolute atomic E-state index is 0.257. The molecule has 0 aliphatic rings. The zero-order valence-electron chi connectivity index (χ0n) is 5.70. The number of carboxylic acids is 1. The molecule has 5 heteroatoms. The van der Waals surface area contributed by atoms with Gasteiger partial charge in [0.1, 0.15) is 0 Å². The van der Waals surface area contributed by atoms with Crippen molar-refractivity contribution in [1.82, 2.24) is 0 Å². The molecule has 0 aromatic rings. The maximum atomic E-state index is 10.5. The Kier molecular flexibility index (Phi) is 4.43. The van der Waals surface area contributed by atoms with E-state index < -0.39 is 25.8 Å². The van der Waals surface area contributed by atoms with Crippen LogP contribution in [0.15, 0.2) is 0 Å².